The normalized spacial score (nSPS) is 10.7. The second kappa shape index (κ2) is 6.93. The summed E-state index contributed by atoms with van der Waals surface area (Å²) in [5.74, 6) is -0.309. The van der Waals surface area contributed by atoms with Gasteiger partial charge >= 0.3 is 5.97 Å². The minimum Gasteiger partial charge on any atom is -0.494 e. The first-order valence-corrected chi connectivity index (χ1v) is 7.82. The van der Waals surface area contributed by atoms with Crippen LogP contribution in [0.5, 0.6) is 5.75 Å². The van der Waals surface area contributed by atoms with Crippen LogP contribution in [0.25, 0.3) is 10.9 Å². The van der Waals surface area contributed by atoms with E-state index in [0.29, 0.717) is 23.3 Å². The van der Waals surface area contributed by atoms with E-state index in [4.69, 9.17) is 9.47 Å². The van der Waals surface area contributed by atoms with E-state index in [0.717, 1.165) is 22.0 Å². The molecule has 0 aliphatic carbocycles. The number of aromatic nitrogens is 1. The van der Waals surface area contributed by atoms with Gasteiger partial charge in [-0.15, -0.1) is 0 Å². The van der Waals surface area contributed by atoms with Gasteiger partial charge in [0.1, 0.15) is 24.7 Å². The number of esters is 1. The number of hydrogen-bond donors (Lipinski definition) is 0. The predicted molar refractivity (Wildman–Crippen MR) is 97.0 cm³/mol. The lowest BCUT2D eigenvalue weighted by molar-refractivity contribution is 0.0597. The van der Waals surface area contributed by atoms with Crippen LogP contribution in [0.2, 0.25) is 0 Å². The van der Waals surface area contributed by atoms with Gasteiger partial charge in [-0.2, -0.15) is 0 Å². The van der Waals surface area contributed by atoms with Crippen LogP contribution in [-0.4, -0.2) is 33.0 Å². The Bertz CT molecular complexity index is 942. The second-order valence-electron chi connectivity index (χ2n) is 5.81. The minimum absolute atomic E-state index is 0.253. The molecule has 3 aromatic rings. The fourth-order valence-electron chi connectivity index (χ4n) is 2.88. The number of ether oxygens (including phenoxy) is 2. The lowest BCUT2D eigenvalue weighted by atomic mass is 9.88. The average Bonchev–Trinajstić information content (AvgIpc) is 2.63. The van der Waals surface area contributed by atoms with Crippen LogP contribution in [-0.2, 0) is 11.2 Å². The zero-order chi connectivity index (χ0) is 18.0. The summed E-state index contributed by atoms with van der Waals surface area (Å²) in [5.41, 5.74) is 3.87. The molecular weight excluding hydrogens is 320 g/mol. The van der Waals surface area contributed by atoms with Crippen molar-refractivity contribution in [3.05, 3.63) is 65.1 Å². The molecule has 0 amide bonds. The highest BCUT2D eigenvalue weighted by Gasteiger charge is 2.18. The first kappa shape index (κ1) is 17.0. The number of benzene rings is 2. The Balaban J connectivity index is 2.07. The van der Waals surface area contributed by atoms with Gasteiger partial charge in [0.2, 0.25) is 0 Å². The Labute approximate surface area is 146 Å². The molecule has 0 N–H and O–H groups in total. The third-order valence-electron chi connectivity index (χ3n) is 4.12. The first-order chi connectivity index (χ1) is 12.0. The number of halogens is 1. The number of hydrogen-bond acceptors (Lipinski definition) is 4. The Hall–Kier alpha value is -2.89. The van der Waals surface area contributed by atoms with E-state index in [2.05, 4.69) is 4.98 Å². The van der Waals surface area contributed by atoms with Crippen LogP contribution in [0.15, 0.2) is 42.6 Å². The monoisotopic (exact) mass is 337 g/mol. The van der Waals surface area contributed by atoms with Gasteiger partial charge < -0.3 is 9.47 Å². The maximum atomic E-state index is 13.0. The van der Waals surface area contributed by atoms with Crippen molar-refractivity contribution in [1.29, 1.82) is 0 Å². The number of fused-ring (bicyclic) bond motifs is 1. The largest absolute Gasteiger partial charge is 0.494 e. The van der Waals surface area contributed by atoms with Crippen LogP contribution >= 0.6 is 0 Å². The van der Waals surface area contributed by atoms with Gasteiger partial charge in [-0.05, 0) is 47.2 Å². The molecule has 0 saturated heterocycles. The van der Waals surface area contributed by atoms with Crippen molar-refractivity contribution in [2.45, 2.75) is 6.42 Å². The fourth-order valence-corrected chi connectivity index (χ4v) is 2.88. The molecule has 0 bridgehead atoms. The lowest BCUT2D eigenvalue weighted by Crippen LogP contribution is -2.13. The molecule has 0 saturated carbocycles. The molecule has 0 fully saturated rings. The van der Waals surface area contributed by atoms with Gasteiger partial charge in [0, 0.05) is 6.20 Å². The fraction of sp³-hybridized carbons (Fsp3) is 0.158. The van der Waals surface area contributed by atoms with Crippen LogP contribution in [0, 0.1) is 5.82 Å². The van der Waals surface area contributed by atoms with Crippen molar-refractivity contribution in [3.63, 3.8) is 0 Å². The highest BCUT2D eigenvalue weighted by atomic mass is 19.1. The summed E-state index contributed by atoms with van der Waals surface area (Å²) >= 11 is 0. The molecule has 1 heterocycles. The predicted octanol–water partition coefficient (Wildman–Crippen LogP) is 2.02. The number of nitrogens with zero attached hydrogens (tertiary/aromatic N) is 1. The van der Waals surface area contributed by atoms with E-state index >= 15 is 0 Å². The van der Waals surface area contributed by atoms with E-state index in [1.165, 1.54) is 26.4 Å². The topological polar surface area (TPSA) is 48.4 Å². The van der Waals surface area contributed by atoms with Gasteiger partial charge in [-0.25, -0.2) is 9.18 Å². The average molecular weight is 337 g/mol. The van der Waals surface area contributed by atoms with Crippen molar-refractivity contribution in [2.75, 3.05) is 14.2 Å². The Kier molecular flexibility index (Phi) is 4.70. The molecule has 25 heavy (non-hydrogen) atoms. The zero-order valence-electron chi connectivity index (χ0n) is 14.3. The molecule has 0 aliphatic heterocycles. The molecule has 4 nitrogen and oxygen atoms in total. The quantitative estimate of drug-likeness (QED) is 0.540. The summed E-state index contributed by atoms with van der Waals surface area (Å²) in [6, 6.07) is 10.2. The van der Waals surface area contributed by atoms with Crippen molar-refractivity contribution in [1.82, 2.24) is 4.98 Å². The Morgan fingerprint density at radius 1 is 1.16 bits per heavy atom. The molecule has 1 aromatic heterocycles. The summed E-state index contributed by atoms with van der Waals surface area (Å²) in [4.78, 5) is 16.5. The second-order valence-corrected chi connectivity index (χ2v) is 5.81. The van der Waals surface area contributed by atoms with Crippen LogP contribution in [0.4, 0.5) is 4.39 Å². The molecule has 126 valence electrons. The summed E-state index contributed by atoms with van der Waals surface area (Å²) in [5, 5.41) is 0.907. The Morgan fingerprint density at radius 2 is 1.88 bits per heavy atom. The maximum Gasteiger partial charge on any atom is 0.341 e. The number of rotatable bonds is 4. The molecule has 0 aliphatic rings. The lowest BCUT2D eigenvalue weighted by Gasteiger charge is -2.13. The minimum atomic E-state index is -0.459. The molecule has 3 rings (SSSR count). The van der Waals surface area contributed by atoms with Crippen LogP contribution in [0.3, 0.4) is 0 Å². The summed E-state index contributed by atoms with van der Waals surface area (Å²) in [6.45, 7) is 0. The molecular formula is C19H17BFNO3. The smallest absolute Gasteiger partial charge is 0.341 e. The van der Waals surface area contributed by atoms with Gasteiger partial charge in [-0.1, -0.05) is 17.6 Å². The standard InChI is InChI=1S/C19H17BFNO3/c1-24-18-15(19(23)25-2)9-16(20)14-8-12(10-22-17(14)18)7-11-3-5-13(21)6-4-11/h3-6,8-10H,7,20H2,1-2H3. The van der Waals surface area contributed by atoms with E-state index in [1.807, 2.05) is 13.9 Å². The number of carbonyl (C=O) groups is 1. The summed E-state index contributed by atoms with van der Waals surface area (Å²) in [7, 11) is 4.75. The van der Waals surface area contributed by atoms with Crippen molar-refractivity contribution >= 4 is 30.2 Å². The molecule has 0 unspecified atom stereocenters. The number of methoxy groups -OCH3 is 2. The number of pyridine rings is 1. The van der Waals surface area contributed by atoms with E-state index in [9.17, 15) is 9.18 Å². The van der Waals surface area contributed by atoms with Crippen molar-refractivity contribution in [2.24, 2.45) is 0 Å². The third-order valence-corrected chi connectivity index (χ3v) is 4.12. The van der Waals surface area contributed by atoms with Crippen molar-refractivity contribution < 1.29 is 18.7 Å². The van der Waals surface area contributed by atoms with Crippen LogP contribution < -0.4 is 10.2 Å². The third kappa shape index (κ3) is 3.33. The SMILES string of the molecule is Bc1cc(C(=O)OC)c(OC)c2ncc(Cc3ccc(F)cc3)cc12. The highest BCUT2D eigenvalue weighted by molar-refractivity contribution is 6.39. The summed E-state index contributed by atoms with van der Waals surface area (Å²) < 4.78 is 23.3. The van der Waals surface area contributed by atoms with Gasteiger partial charge in [0.05, 0.1) is 14.2 Å². The van der Waals surface area contributed by atoms with Crippen LogP contribution in [0.1, 0.15) is 21.5 Å². The molecule has 0 radical (unpaired) electrons. The molecule has 6 heteroatoms. The Morgan fingerprint density at radius 3 is 2.52 bits per heavy atom. The van der Waals surface area contributed by atoms with E-state index < -0.39 is 5.97 Å². The maximum absolute atomic E-state index is 13.0. The molecule has 0 spiro atoms. The zero-order valence-corrected chi connectivity index (χ0v) is 14.3. The molecule has 2 aromatic carbocycles. The van der Waals surface area contributed by atoms with E-state index in [1.54, 1.807) is 24.4 Å². The molecule has 0 atom stereocenters. The number of carbonyl (C=O) groups excluding carboxylic acids is 1. The van der Waals surface area contributed by atoms with Gasteiger partial charge in [0.25, 0.3) is 0 Å². The highest BCUT2D eigenvalue weighted by Crippen LogP contribution is 2.28. The summed E-state index contributed by atoms with van der Waals surface area (Å²) in [6.07, 6.45) is 2.39. The first-order valence-electron chi connectivity index (χ1n) is 7.82. The van der Waals surface area contributed by atoms with Gasteiger partial charge in [-0.3, -0.25) is 4.98 Å². The van der Waals surface area contributed by atoms with Gasteiger partial charge in [0.15, 0.2) is 5.75 Å². The van der Waals surface area contributed by atoms with Crippen molar-refractivity contribution in [3.8, 4) is 5.75 Å². The van der Waals surface area contributed by atoms with E-state index in [-0.39, 0.29) is 5.82 Å².